The predicted octanol–water partition coefficient (Wildman–Crippen LogP) is 1.66. The van der Waals surface area contributed by atoms with E-state index in [2.05, 4.69) is 9.88 Å². The van der Waals surface area contributed by atoms with E-state index >= 15 is 0 Å². The fraction of sp³-hybridized carbons (Fsp3) is 0.538. The minimum Gasteiger partial charge on any atom is -0.336 e. The van der Waals surface area contributed by atoms with Crippen molar-refractivity contribution < 1.29 is 4.79 Å². The zero-order valence-corrected chi connectivity index (χ0v) is 10.9. The topological polar surface area (TPSA) is 36.4 Å². The van der Waals surface area contributed by atoms with E-state index in [9.17, 15) is 4.79 Å². The van der Waals surface area contributed by atoms with E-state index in [1.54, 1.807) is 18.3 Å². The van der Waals surface area contributed by atoms with Crippen LogP contribution in [0.1, 0.15) is 23.2 Å². The summed E-state index contributed by atoms with van der Waals surface area (Å²) in [6, 6.07) is 3.97. The van der Waals surface area contributed by atoms with Gasteiger partial charge < -0.3 is 4.90 Å². The molecule has 2 fully saturated rings. The Morgan fingerprint density at radius 2 is 2.22 bits per heavy atom. The molecule has 5 heteroatoms. The van der Waals surface area contributed by atoms with Crippen molar-refractivity contribution in [2.45, 2.75) is 18.9 Å². The lowest BCUT2D eigenvalue weighted by Crippen LogP contribution is -2.52. The van der Waals surface area contributed by atoms with Crippen LogP contribution >= 0.6 is 11.6 Å². The molecule has 2 saturated heterocycles. The fourth-order valence-electron chi connectivity index (χ4n) is 2.86. The molecule has 96 valence electrons. The van der Waals surface area contributed by atoms with Crippen molar-refractivity contribution >= 4 is 17.5 Å². The summed E-state index contributed by atoms with van der Waals surface area (Å²) in [6.45, 7) is 3.85. The van der Waals surface area contributed by atoms with Gasteiger partial charge in [0, 0.05) is 31.9 Å². The van der Waals surface area contributed by atoms with Crippen molar-refractivity contribution in [1.29, 1.82) is 0 Å². The Balaban J connectivity index is 1.71. The number of nitrogens with zero attached hydrogens (tertiary/aromatic N) is 3. The lowest BCUT2D eigenvalue weighted by Gasteiger charge is -2.37. The maximum Gasteiger partial charge on any atom is 0.255 e. The minimum absolute atomic E-state index is 0.0747. The summed E-state index contributed by atoms with van der Waals surface area (Å²) in [6.07, 6.45) is 4.03. The third kappa shape index (κ3) is 2.22. The van der Waals surface area contributed by atoms with Gasteiger partial charge in [-0.1, -0.05) is 11.6 Å². The highest BCUT2D eigenvalue weighted by Gasteiger charge is 2.32. The molecular weight excluding hydrogens is 250 g/mol. The third-order valence-corrected chi connectivity index (χ3v) is 4.07. The zero-order valence-electron chi connectivity index (χ0n) is 10.2. The summed E-state index contributed by atoms with van der Waals surface area (Å²) in [5, 5.41) is 0.423. The Bertz CT molecular complexity index is 448. The highest BCUT2D eigenvalue weighted by Crippen LogP contribution is 2.22. The largest absolute Gasteiger partial charge is 0.336 e. The lowest BCUT2D eigenvalue weighted by molar-refractivity contribution is 0.0571. The van der Waals surface area contributed by atoms with Gasteiger partial charge in [0.05, 0.1) is 5.56 Å². The molecule has 0 saturated carbocycles. The molecule has 3 rings (SSSR count). The highest BCUT2D eigenvalue weighted by atomic mass is 35.5. The van der Waals surface area contributed by atoms with Crippen molar-refractivity contribution in [2.75, 3.05) is 26.2 Å². The van der Waals surface area contributed by atoms with E-state index in [-0.39, 0.29) is 5.91 Å². The predicted molar refractivity (Wildman–Crippen MR) is 69.7 cm³/mol. The number of carbonyl (C=O) groups excluding carboxylic acids is 1. The summed E-state index contributed by atoms with van der Waals surface area (Å²) in [5.74, 6) is 0.0747. The number of halogens is 1. The van der Waals surface area contributed by atoms with Gasteiger partial charge in [0.1, 0.15) is 5.15 Å². The zero-order chi connectivity index (χ0) is 12.5. The van der Waals surface area contributed by atoms with Crippen LogP contribution in [0.5, 0.6) is 0 Å². The van der Waals surface area contributed by atoms with E-state index in [0.29, 0.717) is 16.8 Å². The molecule has 1 amide bonds. The quantitative estimate of drug-likeness (QED) is 0.725. The molecule has 3 heterocycles. The van der Waals surface area contributed by atoms with Crippen LogP contribution in [0, 0.1) is 0 Å². The van der Waals surface area contributed by atoms with Crippen molar-refractivity contribution in [2.24, 2.45) is 0 Å². The molecule has 0 aromatic carbocycles. The van der Waals surface area contributed by atoms with Gasteiger partial charge in [0.2, 0.25) is 0 Å². The van der Waals surface area contributed by atoms with Gasteiger partial charge in [0.25, 0.3) is 5.91 Å². The van der Waals surface area contributed by atoms with Gasteiger partial charge in [-0.25, -0.2) is 4.98 Å². The standard InChI is InChI=1S/C13H16ClN3O/c14-12-4-3-10(8-15-12)13(18)17-7-6-16-5-1-2-11(16)9-17/h3-4,8,11H,1-2,5-7,9H2. The van der Waals surface area contributed by atoms with Crippen molar-refractivity contribution in [3.63, 3.8) is 0 Å². The molecular formula is C13H16ClN3O. The Morgan fingerprint density at radius 1 is 1.33 bits per heavy atom. The maximum atomic E-state index is 12.3. The van der Waals surface area contributed by atoms with Crippen LogP contribution in [0.3, 0.4) is 0 Å². The Hall–Kier alpha value is -1.13. The number of hydrogen-bond acceptors (Lipinski definition) is 3. The summed E-state index contributed by atoms with van der Waals surface area (Å²) >= 11 is 5.73. The molecule has 0 spiro atoms. The van der Waals surface area contributed by atoms with Crippen LogP contribution in [-0.4, -0.2) is 52.9 Å². The van der Waals surface area contributed by atoms with Gasteiger partial charge in [-0.3, -0.25) is 9.69 Å². The normalized spacial score (nSPS) is 24.1. The first kappa shape index (κ1) is 11.9. The van der Waals surface area contributed by atoms with E-state index in [1.165, 1.54) is 19.4 Å². The monoisotopic (exact) mass is 265 g/mol. The molecule has 18 heavy (non-hydrogen) atoms. The van der Waals surface area contributed by atoms with E-state index in [4.69, 9.17) is 11.6 Å². The van der Waals surface area contributed by atoms with Gasteiger partial charge in [-0.2, -0.15) is 0 Å². The molecule has 2 aliphatic heterocycles. The maximum absolute atomic E-state index is 12.3. The fourth-order valence-corrected chi connectivity index (χ4v) is 2.97. The second-order valence-corrected chi connectivity index (χ2v) is 5.34. The average molecular weight is 266 g/mol. The van der Waals surface area contributed by atoms with Crippen LogP contribution < -0.4 is 0 Å². The Labute approximate surface area is 112 Å². The minimum atomic E-state index is 0.0747. The Kier molecular flexibility index (Phi) is 3.22. The van der Waals surface area contributed by atoms with Crippen molar-refractivity contribution in [1.82, 2.24) is 14.8 Å². The molecule has 0 N–H and O–H groups in total. The Morgan fingerprint density at radius 3 is 3.00 bits per heavy atom. The first-order valence-electron chi connectivity index (χ1n) is 6.39. The smallest absolute Gasteiger partial charge is 0.255 e. The molecule has 0 radical (unpaired) electrons. The molecule has 1 aromatic heterocycles. The van der Waals surface area contributed by atoms with Gasteiger partial charge in [-0.05, 0) is 31.5 Å². The number of fused-ring (bicyclic) bond motifs is 1. The van der Waals surface area contributed by atoms with Crippen LogP contribution in [-0.2, 0) is 0 Å². The second-order valence-electron chi connectivity index (χ2n) is 4.95. The van der Waals surface area contributed by atoms with E-state index in [1.807, 2.05) is 4.90 Å². The van der Waals surface area contributed by atoms with Crippen LogP contribution in [0.15, 0.2) is 18.3 Å². The second kappa shape index (κ2) is 4.86. The molecule has 1 atom stereocenters. The molecule has 0 bridgehead atoms. The number of carbonyl (C=O) groups is 1. The van der Waals surface area contributed by atoms with Gasteiger partial charge in [-0.15, -0.1) is 0 Å². The number of piperazine rings is 1. The lowest BCUT2D eigenvalue weighted by atomic mass is 10.1. The van der Waals surface area contributed by atoms with Gasteiger partial charge in [0.15, 0.2) is 0 Å². The molecule has 2 aliphatic rings. The summed E-state index contributed by atoms with van der Waals surface area (Å²) in [4.78, 5) is 20.7. The number of hydrogen-bond donors (Lipinski definition) is 0. The van der Waals surface area contributed by atoms with Gasteiger partial charge >= 0.3 is 0 Å². The molecule has 4 nitrogen and oxygen atoms in total. The number of rotatable bonds is 1. The van der Waals surface area contributed by atoms with E-state index < -0.39 is 0 Å². The van der Waals surface area contributed by atoms with E-state index in [0.717, 1.165) is 19.6 Å². The summed E-state index contributed by atoms with van der Waals surface area (Å²) in [5.41, 5.74) is 0.630. The average Bonchev–Trinajstić information content (AvgIpc) is 2.86. The number of aromatic nitrogens is 1. The molecule has 1 unspecified atom stereocenters. The highest BCUT2D eigenvalue weighted by molar-refractivity contribution is 6.29. The molecule has 0 aliphatic carbocycles. The summed E-state index contributed by atoms with van der Waals surface area (Å²) in [7, 11) is 0. The summed E-state index contributed by atoms with van der Waals surface area (Å²) < 4.78 is 0. The number of amides is 1. The SMILES string of the molecule is O=C(c1ccc(Cl)nc1)N1CCN2CCCC2C1. The first-order chi connectivity index (χ1) is 8.74. The van der Waals surface area contributed by atoms with Crippen LogP contribution in [0.2, 0.25) is 5.15 Å². The van der Waals surface area contributed by atoms with Crippen molar-refractivity contribution in [3.05, 3.63) is 29.0 Å². The van der Waals surface area contributed by atoms with Crippen LogP contribution in [0.25, 0.3) is 0 Å². The molecule has 1 aromatic rings. The first-order valence-corrected chi connectivity index (χ1v) is 6.77. The van der Waals surface area contributed by atoms with Crippen LogP contribution in [0.4, 0.5) is 0 Å². The van der Waals surface area contributed by atoms with Crippen molar-refractivity contribution in [3.8, 4) is 0 Å². The third-order valence-electron chi connectivity index (χ3n) is 3.85. The number of pyridine rings is 1.